The Morgan fingerprint density at radius 3 is 2.79 bits per heavy atom. The van der Waals surface area contributed by atoms with Crippen LogP contribution in [0.4, 0.5) is 0 Å². The highest BCUT2D eigenvalue weighted by atomic mass is 79.9. The predicted octanol–water partition coefficient (Wildman–Crippen LogP) is 6.51. The molecule has 33 heavy (non-hydrogen) atoms. The summed E-state index contributed by atoms with van der Waals surface area (Å²) in [5.74, 6) is 1.48. The van der Waals surface area contributed by atoms with Crippen LogP contribution in [0.2, 0.25) is 0 Å². The first-order valence-electron chi connectivity index (χ1n) is 10.4. The molecule has 4 heterocycles. The molecule has 6 aromatic rings. The summed E-state index contributed by atoms with van der Waals surface area (Å²) in [6.07, 6.45) is 1.74. The average molecular weight is 516 g/mol. The van der Waals surface area contributed by atoms with Gasteiger partial charge in [0, 0.05) is 21.1 Å². The third-order valence-corrected chi connectivity index (χ3v) is 7.04. The molecule has 4 aromatic heterocycles. The van der Waals surface area contributed by atoms with E-state index in [1.54, 1.807) is 22.2 Å². The Bertz CT molecular complexity index is 1670. The molecular weight excluding hydrogens is 498 g/mol. The lowest BCUT2D eigenvalue weighted by molar-refractivity contribution is 0.306. The summed E-state index contributed by atoms with van der Waals surface area (Å²) in [7, 11) is 0. The van der Waals surface area contributed by atoms with Crippen molar-refractivity contribution in [1.82, 2.24) is 24.6 Å². The molecule has 0 aliphatic rings. The van der Waals surface area contributed by atoms with Gasteiger partial charge in [-0.05, 0) is 55.3 Å². The van der Waals surface area contributed by atoms with E-state index in [4.69, 9.17) is 19.8 Å². The number of halogens is 1. The van der Waals surface area contributed by atoms with Crippen molar-refractivity contribution in [3.63, 3.8) is 0 Å². The summed E-state index contributed by atoms with van der Waals surface area (Å²) in [5.41, 5.74) is 5.90. The van der Waals surface area contributed by atoms with Gasteiger partial charge in [-0.25, -0.2) is 19.5 Å². The van der Waals surface area contributed by atoms with Crippen molar-refractivity contribution in [1.29, 1.82) is 0 Å². The van der Waals surface area contributed by atoms with Crippen molar-refractivity contribution in [3.8, 4) is 17.1 Å². The van der Waals surface area contributed by atoms with E-state index >= 15 is 0 Å². The Morgan fingerprint density at radius 2 is 1.91 bits per heavy atom. The smallest absolute Gasteiger partial charge is 0.182 e. The van der Waals surface area contributed by atoms with E-state index in [-0.39, 0.29) is 0 Å². The Labute approximate surface area is 202 Å². The third-order valence-electron chi connectivity index (χ3n) is 5.48. The summed E-state index contributed by atoms with van der Waals surface area (Å²) < 4.78 is 9.69. The van der Waals surface area contributed by atoms with Gasteiger partial charge in [-0.3, -0.25) is 0 Å². The molecular formula is C25H18BrN5OS. The number of hydrogen-bond donors (Lipinski definition) is 0. The van der Waals surface area contributed by atoms with Gasteiger partial charge in [0.2, 0.25) is 0 Å². The molecule has 6 rings (SSSR count). The van der Waals surface area contributed by atoms with E-state index in [0.29, 0.717) is 12.4 Å². The highest BCUT2D eigenvalue weighted by Crippen LogP contribution is 2.36. The molecule has 0 aliphatic heterocycles. The zero-order valence-corrected chi connectivity index (χ0v) is 20.3. The zero-order valence-electron chi connectivity index (χ0n) is 17.9. The fourth-order valence-corrected chi connectivity index (χ4v) is 5.62. The van der Waals surface area contributed by atoms with Gasteiger partial charge in [0.15, 0.2) is 11.5 Å². The quantitative estimate of drug-likeness (QED) is 0.267. The number of nitrogens with zero attached hydrogens (tertiary/aromatic N) is 5. The van der Waals surface area contributed by atoms with Crippen molar-refractivity contribution >= 4 is 53.3 Å². The van der Waals surface area contributed by atoms with E-state index in [0.717, 1.165) is 53.1 Å². The minimum atomic E-state index is 0.462. The van der Waals surface area contributed by atoms with E-state index < -0.39 is 0 Å². The summed E-state index contributed by atoms with van der Waals surface area (Å²) in [6, 6.07) is 18.1. The van der Waals surface area contributed by atoms with Gasteiger partial charge < -0.3 is 4.74 Å². The Hall–Kier alpha value is -3.36. The third kappa shape index (κ3) is 3.65. The van der Waals surface area contributed by atoms with Crippen LogP contribution in [0.1, 0.15) is 16.8 Å². The molecule has 0 N–H and O–H groups in total. The number of ether oxygens (including phenoxy) is 1. The molecule has 0 unspecified atom stereocenters. The van der Waals surface area contributed by atoms with Gasteiger partial charge >= 0.3 is 0 Å². The van der Waals surface area contributed by atoms with Crippen LogP contribution in [0.3, 0.4) is 0 Å². The molecule has 0 radical (unpaired) electrons. The van der Waals surface area contributed by atoms with Crippen LogP contribution in [0.25, 0.3) is 37.5 Å². The second-order valence-electron chi connectivity index (χ2n) is 7.94. The molecule has 6 nitrogen and oxygen atoms in total. The van der Waals surface area contributed by atoms with Gasteiger partial charge in [-0.15, -0.1) is 16.4 Å². The van der Waals surface area contributed by atoms with Crippen LogP contribution in [-0.2, 0) is 6.61 Å². The minimum absolute atomic E-state index is 0.462. The lowest BCUT2D eigenvalue weighted by Crippen LogP contribution is -1.96. The van der Waals surface area contributed by atoms with Gasteiger partial charge in [-0.2, -0.15) is 0 Å². The molecule has 0 fully saturated rings. The summed E-state index contributed by atoms with van der Waals surface area (Å²) >= 11 is 5.09. The lowest BCUT2D eigenvalue weighted by Gasteiger charge is -2.07. The monoisotopic (exact) mass is 515 g/mol. The van der Waals surface area contributed by atoms with Crippen LogP contribution in [-0.4, -0.2) is 24.6 Å². The number of hydrogen-bond acceptors (Lipinski definition) is 6. The van der Waals surface area contributed by atoms with Gasteiger partial charge in [0.05, 0.1) is 5.52 Å². The molecule has 2 aromatic carbocycles. The SMILES string of the molecule is Cc1cc(C)c2c(n1)sc1c2ncn2nc(-c3cccc(COc4cccc(Br)c4)c3)nc12. The largest absolute Gasteiger partial charge is 0.489 e. The van der Waals surface area contributed by atoms with Gasteiger partial charge in [0.1, 0.15) is 28.2 Å². The number of rotatable bonds is 4. The molecule has 0 amide bonds. The maximum Gasteiger partial charge on any atom is 0.182 e. The van der Waals surface area contributed by atoms with Crippen molar-refractivity contribution in [2.45, 2.75) is 20.5 Å². The summed E-state index contributed by atoms with van der Waals surface area (Å²) in [4.78, 5) is 15.3. The highest BCUT2D eigenvalue weighted by Gasteiger charge is 2.17. The second kappa shape index (κ2) is 7.90. The first kappa shape index (κ1) is 20.3. The van der Waals surface area contributed by atoms with E-state index in [1.165, 1.54) is 5.56 Å². The van der Waals surface area contributed by atoms with Crippen molar-refractivity contribution in [3.05, 3.63) is 82.2 Å². The summed E-state index contributed by atoms with van der Waals surface area (Å²) in [6.45, 7) is 4.58. The molecule has 0 saturated carbocycles. The molecule has 0 saturated heterocycles. The number of pyridine rings is 1. The van der Waals surface area contributed by atoms with Crippen LogP contribution in [0, 0.1) is 13.8 Å². The van der Waals surface area contributed by atoms with Crippen LogP contribution < -0.4 is 4.74 Å². The Kier molecular flexibility index (Phi) is 4.85. The highest BCUT2D eigenvalue weighted by molar-refractivity contribution is 9.10. The number of benzene rings is 2. The maximum absolute atomic E-state index is 5.94. The normalized spacial score (nSPS) is 11.6. The Morgan fingerprint density at radius 1 is 1.03 bits per heavy atom. The standard InChI is InChI=1S/C25H18BrN5OS/c1-14-9-15(2)28-25-20(14)21-22(33-25)24-29-23(30-31(24)13-27-21)17-6-3-5-16(10-17)12-32-19-8-4-7-18(26)11-19/h3-11,13H,12H2,1-2H3. The van der Waals surface area contributed by atoms with Gasteiger partial charge in [0.25, 0.3) is 0 Å². The van der Waals surface area contributed by atoms with E-state index in [1.807, 2.05) is 49.4 Å². The first-order valence-corrected chi connectivity index (χ1v) is 12.1. The Balaban J connectivity index is 1.38. The molecule has 0 atom stereocenters. The van der Waals surface area contributed by atoms with Crippen molar-refractivity contribution < 1.29 is 4.74 Å². The number of thiophene rings is 1. The topological polar surface area (TPSA) is 65.2 Å². The molecule has 0 bridgehead atoms. The first-order chi connectivity index (χ1) is 16.0. The average Bonchev–Trinajstić information content (AvgIpc) is 3.39. The van der Waals surface area contributed by atoms with E-state index in [9.17, 15) is 0 Å². The van der Waals surface area contributed by atoms with Crippen LogP contribution in [0.5, 0.6) is 5.75 Å². The number of aromatic nitrogens is 5. The van der Waals surface area contributed by atoms with Gasteiger partial charge in [-0.1, -0.05) is 40.2 Å². The predicted molar refractivity (Wildman–Crippen MR) is 135 cm³/mol. The molecule has 162 valence electrons. The van der Waals surface area contributed by atoms with Crippen LogP contribution in [0.15, 0.2) is 65.4 Å². The molecule has 0 spiro atoms. The summed E-state index contributed by atoms with van der Waals surface area (Å²) in [5, 5.41) is 5.79. The van der Waals surface area contributed by atoms with E-state index in [2.05, 4.69) is 40.0 Å². The molecule has 8 heteroatoms. The van der Waals surface area contributed by atoms with Crippen molar-refractivity contribution in [2.75, 3.05) is 0 Å². The second-order valence-corrected chi connectivity index (χ2v) is 9.85. The maximum atomic E-state index is 5.94. The van der Waals surface area contributed by atoms with Crippen molar-refractivity contribution in [2.24, 2.45) is 0 Å². The fraction of sp³-hybridized carbons (Fsp3) is 0.120. The zero-order chi connectivity index (χ0) is 22.5. The minimum Gasteiger partial charge on any atom is -0.489 e. The number of fused-ring (bicyclic) bond motifs is 5. The van der Waals surface area contributed by atoms with Crippen LogP contribution >= 0.6 is 27.3 Å². The number of aryl methyl sites for hydroxylation is 2. The fourth-order valence-electron chi connectivity index (χ4n) is 4.01. The molecule has 0 aliphatic carbocycles. The lowest BCUT2D eigenvalue weighted by atomic mass is 10.1.